The lowest BCUT2D eigenvalue weighted by molar-refractivity contribution is 0.522. The molecule has 90 valence electrons. The van der Waals surface area contributed by atoms with Crippen LogP contribution in [0.25, 0.3) is 0 Å². The van der Waals surface area contributed by atoms with Gasteiger partial charge in [0.2, 0.25) is 0 Å². The predicted molar refractivity (Wildman–Crippen MR) is 65.9 cm³/mol. The van der Waals surface area contributed by atoms with Crippen LogP contribution in [-0.4, -0.2) is 14.5 Å². The summed E-state index contributed by atoms with van der Waals surface area (Å²) >= 11 is 0. The molecular formula is C12H17N5. The molecule has 0 saturated carbocycles. The summed E-state index contributed by atoms with van der Waals surface area (Å²) in [5, 5.41) is 0. The van der Waals surface area contributed by atoms with Crippen LogP contribution in [0.3, 0.4) is 0 Å². The number of nitrogens with one attached hydrogen (secondary N) is 1. The van der Waals surface area contributed by atoms with Gasteiger partial charge in [0, 0.05) is 37.8 Å². The highest BCUT2D eigenvalue weighted by atomic mass is 15.2. The molecule has 0 aromatic carbocycles. The van der Waals surface area contributed by atoms with Crippen LogP contribution in [-0.2, 0) is 13.0 Å². The zero-order chi connectivity index (χ0) is 12.1. The van der Waals surface area contributed by atoms with Crippen molar-refractivity contribution in [3.63, 3.8) is 0 Å². The van der Waals surface area contributed by atoms with Gasteiger partial charge in [-0.25, -0.2) is 4.98 Å². The predicted octanol–water partition coefficient (Wildman–Crippen LogP) is 1.05. The molecule has 0 aliphatic heterocycles. The lowest BCUT2D eigenvalue weighted by Crippen LogP contribution is -2.30. The maximum absolute atomic E-state index is 5.60. The first-order valence-corrected chi connectivity index (χ1v) is 5.71. The zero-order valence-corrected chi connectivity index (χ0v) is 9.87. The molecule has 2 aromatic rings. The maximum atomic E-state index is 5.60. The third-order valence-electron chi connectivity index (χ3n) is 2.82. The van der Waals surface area contributed by atoms with Crippen molar-refractivity contribution in [1.29, 1.82) is 0 Å². The third-order valence-corrected chi connectivity index (χ3v) is 2.82. The lowest BCUT2D eigenvalue weighted by Gasteiger charge is -2.16. The fourth-order valence-electron chi connectivity index (χ4n) is 1.86. The Kier molecular flexibility index (Phi) is 3.85. The molecule has 0 radical (unpaired) electrons. The number of nitrogens with zero attached hydrogens (tertiary/aromatic N) is 3. The second-order valence-corrected chi connectivity index (χ2v) is 3.84. The van der Waals surface area contributed by atoms with E-state index in [1.165, 1.54) is 0 Å². The van der Waals surface area contributed by atoms with Gasteiger partial charge < -0.3 is 4.57 Å². The molecule has 0 bridgehead atoms. The SMILES string of the molecule is CCn1ccnc1CC(NN)c1cccnc1. The van der Waals surface area contributed by atoms with E-state index < -0.39 is 0 Å². The third kappa shape index (κ3) is 2.69. The number of hydrazine groups is 1. The number of rotatable bonds is 5. The zero-order valence-electron chi connectivity index (χ0n) is 9.87. The molecule has 0 amide bonds. The molecule has 2 aromatic heterocycles. The highest BCUT2D eigenvalue weighted by Gasteiger charge is 2.13. The summed E-state index contributed by atoms with van der Waals surface area (Å²) in [7, 11) is 0. The second-order valence-electron chi connectivity index (χ2n) is 3.84. The highest BCUT2D eigenvalue weighted by Crippen LogP contribution is 2.15. The maximum Gasteiger partial charge on any atom is 0.110 e. The van der Waals surface area contributed by atoms with Gasteiger partial charge in [-0.2, -0.15) is 0 Å². The molecule has 0 spiro atoms. The lowest BCUT2D eigenvalue weighted by atomic mass is 10.1. The minimum absolute atomic E-state index is 0.0383. The van der Waals surface area contributed by atoms with Gasteiger partial charge in [-0.1, -0.05) is 6.07 Å². The van der Waals surface area contributed by atoms with E-state index in [4.69, 9.17) is 5.84 Å². The average molecular weight is 231 g/mol. The normalized spacial score (nSPS) is 12.6. The first-order valence-electron chi connectivity index (χ1n) is 5.71. The van der Waals surface area contributed by atoms with Crippen molar-refractivity contribution in [3.8, 4) is 0 Å². The molecule has 0 saturated heterocycles. The van der Waals surface area contributed by atoms with Gasteiger partial charge in [-0.3, -0.25) is 16.3 Å². The molecular weight excluding hydrogens is 214 g/mol. The Morgan fingerprint density at radius 2 is 2.35 bits per heavy atom. The molecule has 5 nitrogen and oxygen atoms in total. The number of nitrogens with two attached hydrogens (primary N) is 1. The van der Waals surface area contributed by atoms with E-state index in [-0.39, 0.29) is 6.04 Å². The minimum atomic E-state index is 0.0383. The van der Waals surface area contributed by atoms with E-state index in [2.05, 4.69) is 26.9 Å². The highest BCUT2D eigenvalue weighted by molar-refractivity contribution is 5.15. The smallest absolute Gasteiger partial charge is 0.110 e. The van der Waals surface area contributed by atoms with Crippen LogP contribution >= 0.6 is 0 Å². The molecule has 2 heterocycles. The number of imidazole rings is 1. The van der Waals surface area contributed by atoms with Gasteiger partial charge >= 0.3 is 0 Å². The molecule has 0 fully saturated rings. The van der Waals surface area contributed by atoms with Gasteiger partial charge in [-0.05, 0) is 18.6 Å². The Hall–Kier alpha value is -1.72. The summed E-state index contributed by atoms with van der Waals surface area (Å²) in [5.74, 6) is 6.63. The van der Waals surface area contributed by atoms with Crippen molar-refractivity contribution in [2.45, 2.75) is 25.9 Å². The summed E-state index contributed by atoms with van der Waals surface area (Å²) in [5.41, 5.74) is 3.88. The standard InChI is InChI=1S/C12H17N5/c1-2-17-7-6-15-12(17)8-11(16-13)10-4-3-5-14-9-10/h3-7,9,11,16H,2,8,13H2,1H3. The largest absolute Gasteiger partial charge is 0.335 e. The summed E-state index contributed by atoms with van der Waals surface area (Å²) in [6, 6.07) is 3.96. The first kappa shape index (κ1) is 11.8. The van der Waals surface area contributed by atoms with Gasteiger partial charge in [0.15, 0.2) is 0 Å². The fourth-order valence-corrected chi connectivity index (χ4v) is 1.86. The van der Waals surface area contributed by atoms with Gasteiger partial charge in [0.05, 0.1) is 6.04 Å². The molecule has 3 N–H and O–H groups in total. The van der Waals surface area contributed by atoms with E-state index in [0.29, 0.717) is 0 Å². The Labute approximate surface area is 101 Å². The Morgan fingerprint density at radius 1 is 1.47 bits per heavy atom. The quantitative estimate of drug-likeness (QED) is 0.596. The molecule has 2 rings (SSSR count). The number of pyridine rings is 1. The number of hydrogen-bond acceptors (Lipinski definition) is 4. The molecule has 5 heteroatoms. The molecule has 0 aliphatic rings. The van der Waals surface area contributed by atoms with Crippen LogP contribution in [0.15, 0.2) is 36.9 Å². The van der Waals surface area contributed by atoms with Crippen molar-refractivity contribution < 1.29 is 0 Å². The van der Waals surface area contributed by atoms with Crippen molar-refractivity contribution in [2.24, 2.45) is 5.84 Å². The molecule has 1 atom stereocenters. The number of hydrogen-bond donors (Lipinski definition) is 2. The van der Waals surface area contributed by atoms with Gasteiger partial charge in [0.25, 0.3) is 0 Å². The van der Waals surface area contributed by atoms with Crippen LogP contribution in [0.4, 0.5) is 0 Å². The fraction of sp³-hybridized carbons (Fsp3) is 0.333. The molecule has 17 heavy (non-hydrogen) atoms. The van der Waals surface area contributed by atoms with Crippen LogP contribution in [0.1, 0.15) is 24.4 Å². The first-order chi connectivity index (χ1) is 8.35. The topological polar surface area (TPSA) is 68.8 Å². The van der Waals surface area contributed by atoms with Gasteiger partial charge in [-0.15, -0.1) is 0 Å². The molecule has 1 unspecified atom stereocenters. The van der Waals surface area contributed by atoms with E-state index in [0.717, 1.165) is 24.4 Å². The van der Waals surface area contributed by atoms with E-state index in [1.54, 1.807) is 6.20 Å². The monoisotopic (exact) mass is 231 g/mol. The summed E-state index contributed by atoms with van der Waals surface area (Å²) in [6.45, 7) is 3.01. The van der Waals surface area contributed by atoms with Crippen molar-refractivity contribution in [1.82, 2.24) is 20.0 Å². The van der Waals surface area contributed by atoms with Crippen LogP contribution < -0.4 is 11.3 Å². The van der Waals surface area contributed by atoms with Crippen LogP contribution in [0, 0.1) is 0 Å². The molecule has 0 aliphatic carbocycles. The average Bonchev–Trinajstić information content (AvgIpc) is 2.84. The summed E-state index contributed by atoms with van der Waals surface area (Å²) in [4.78, 5) is 8.45. The summed E-state index contributed by atoms with van der Waals surface area (Å²) < 4.78 is 2.11. The second kappa shape index (κ2) is 5.56. The summed E-state index contributed by atoms with van der Waals surface area (Å²) in [6.07, 6.45) is 8.12. The number of aryl methyl sites for hydroxylation is 1. The van der Waals surface area contributed by atoms with E-state index in [1.807, 2.05) is 30.7 Å². The van der Waals surface area contributed by atoms with E-state index in [9.17, 15) is 0 Å². The Bertz CT molecular complexity index is 451. The van der Waals surface area contributed by atoms with E-state index >= 15 is 0 Å². The van der Waals surface area contributed by atoms with Crippen LogP contribution in [0.5, 0.6) is 0 Å². The van der Waals surface area contributed by atoms with Crippen molar-refractivity contribution in [2.75, 3.05) is 0 Å². The minimum Gasteiger partial charge on any atom is -0.335 e. The number of aromatic nitrogens is 3. The Morgan fingerprint density at radius 3 is 3.00 bits per heavy atom. The van der Waals surface area contributed by atoms with Crippen molar-refractivity contribution >= 4 is 0 Å². The van der Waals surface area contributed by atoms with Gasteiger partial charge in [0.1, 0.15) is 5.82 Å². The Balaban J connectivity index is 2.16. The van der Waals surface area contributed by atoms with Crippen LogP contribution in [0.2, 0.25) is 0 Å². The van der Waals surface area contributed by atoms with Crippen molar-refractivity contribution in [3.05, 3.63) is 48.3 Å².